The number of unbranched alkanes of at least 4 members (excludes halogenated alkanes) is 10. The van der Waals surface area contributed by atoms with Crippen molar-refractivity contribution >= 4 is 19.8 Å². The molecule has 11 heteroatoms. The number of hydrogen-bond acceptors (Lipinski definition) is 8. The lowest BCUT2D eigenvalue weighted by atomic mass is 10.1. The van der Waals surface area contributed by atoms with Gasteiger partial charge in [-0.1, -0.05) is 102 Å². The van der Waals surface area contributed by atoms with Crippen LogP contribution in [-0.2, 0) is 32.7 Å². The maximum absolute atomic E-state index is 12.4. The summed E-state index contributed by atoms with van der Waals surface area (Å²) in [6.07, 6.45) is 28.0. The summed E-state index contributed by atoms with van der Waals surface area (Å²) in [5, 5.41) is 8.81. The smallest absolute Gasteiger partial charge is 0.472 e. The molecule has 3 atom stereocenters. The standard InChI is InChI=1S/C32H58NO9P/c1-3-5-7-9-11-12-13-14-15-16-17-19-21-23-25-39-26-29(27-40-43(37,38)41-28-30(33)32(35)36)42-31(34)24-22-20-18-10-8-6-4-2/h5,7,11-12,14-15,29-30H,3-4,6,8-10,13,16-28,33H2,1-2H3,(H,35,36)(H,37,38)/b7-5-,12-11-,15-14-. The second kappa shape index (κ2) is 28.9. The van der Waals surface area contributed by atoms with Gasteiger partial charge in [-0.3, -0.25) is 18.6 Å². The fraction of sp³-hybridized carbons (Fsp3) is 0.750. The van der Waals surface area contributed by atoms with Gasteiger partial charge >= 0.3 is 19.8 Å². The Hall–Kier alpha value is -1.81. The fourth-order valence-electron chi connectivity index (χ4n) is 3.91. The van der Waals surface area contributed by atoms with Gasteiger partial charge in [0, 0.05) is 13.0 Å². The molecule has 0 rings (SSSR count). The monoisotopic (exact) mass is 631 g/mol. The van der Waals surface area contributed by atoms with E-state index >= 15 is 0 Å². The number of phosphoric acid groups is 1. The van der Waals surface area contributed by atoms with Crippen molar-refractivity contribution in [3.63, 3.8) is 0 Å². The average molecular weight is 632 g/mol. The number of hydrogen-bond donors (Lipinski definition) is 3. The minimum Gasteiger partial charge on any atom is -0.480 e. The molecule has 250 valence electrons. The Bertz CT molecular complexity index is 832. The van der Waals surface area contributed by atoms with Gasteiger partial charge in [0.05, 0.1) is 19.8 Å². The first-order chi connectivity index (χ1) is 20.7. The van der Waals surface area contributed by atoms with E-state index in [9.17, 15) is 19.0 Å². The number of esters is 1. The number of rotatable bonds is 30. The van der Waals surface area contributed by atoms with Crippen molar-refractivity contribution < 1.29 is 42.7 Å². The van der Waals surface area contributed by atoms with Crippen LogP contribution in [0.3, 0.4) is 0 Å². The second-order valence-corrected chi connectivity index (χ2v) is 12.0. The largest absolute Gasteiger partial charge is 0.480 e. The molecule has 0 aliphatic heterocycles. The highest BCUT2D eigenvalue weighted by Gasteiger charge is 2.27. The molecule has 0 fully saturated rings. The van der Waals surface area contributed by atoms with Gasteiger partial charge in [0.15, 0.2) is 0 Å². The maximum atomic E-state index is 12.4. The summed E-state index contributed by atoms with van der Waals surface area (Å²) in [6.45, 7) is 3.62. The highest BCUT2D eigenvalue weighted by molar-refractivity contribution is 7.47. The van der Waals surface area contributed by atoms with Crippen LogP contribution >= 0.6 is 7.82 Å². The number of phosphoric ester groups is 1. The van der Waals surface area contributed by atoms with Crippen LogP contribution in [0, 0.1) is 0 Å². The first-order valence-corrected chi connectivity index (χ1v) is 17.5. The van der Waals surface area contributed by atoms with Crippen molar-refractivity contribution in [1.82, 2.24) is 0 Å². The van der Waals surface area contributed by atoms with Crippen molar-refractivity contribution in [3.05, 3.63) is 36.5 Å². The fourth-order valence-corrected chi connectivity index (χ4v) is 4.69. The zero-order valence-corrected chi connectivity index (χ0v) is 27.4. The Kier molecular flexibility index (Phi) is 27.7. The van der Waals surface area contributed by atoms with E-state index in [1.165, 1.54) is 19.3 Å². The Morgan fingerprint density at radius 1 is 0.767 bits per heavy atom. The Morgan fingerprint density at radius 3 is 2.02 bits per heavy atom. The summed E-state index contributed by atoms with van der Waals surface area (Å²) >= 11 is 0. The number of carboxylic acids is 1. The Labute approximate surface area is 259 Å². The first kappa shape index (κ1) is 41.2. The van der Waals surface area contributed by atoms with E-state index in [-0.39, 0.29) is 13.0 Å². The van der Waals surface area contributed by atoms with E-state index in [0.717, 1.165) is 70.6 Å². The van der Waals surface area contributed by atoms with E-state index in [2.05, 4.69) is 54.8 Å². The van der Waals surface area contributed by atoms with E-state index in [1.807, 2.05) is 0 Å². The van der Waals surface area contributed by atoms with Gasteiger partial charge in [0.25, 0.3) is 0 Å². The molecule has 0 amide bonds. The molecule has 0 saturated heterocycles. The van der Waals surface area contributed by atoms with Crippen LogP contribution in [0.4, 0.5) is 0 Å². The number of carbonyl (C=O) groups is 2. The number of aliphatic carboxylic acids is 1. The summed E-state index contributed by atoms with van der Waals surface area (Å²) in [6, 6.07) is -1.47. The van der Waals surface area contributed by atoms with Crippen LogP contribution in [0.5, 0.6) is 0 Å². The molecule has 3 unspecified atom stereocenters. The number of carboxylic acid groups (broad SMARTS) is 1. The van der Waals surface area contributed by atoms with E-state index in [0.29, 0.717) is 13.0 Å². The van der Waals surface area contributed by atoms with Crippen molar-refractivity contribution in [2.45, 2.75) is 129 Å². The highest BCUT2D eigenvalue weighted by atomic mass is 31.2. The summed E-state index contributed by atoms with van der Waals surface area (Å²) in [4.78, 5) is 33.1. The molecule has 0 aromatic carbocycles. The lowest BCUT2D eigenvalue weighted by molar-refractivity contribution is -0.154. The van der Waals surface area contributed by atoms with Crippen molar-refractivity contribution in [3.8, 4) is 0 Å². The number of carbonyl (C=O) groups excluding carboxylic acids is 1. The van der Waals surface area contributed by atoms with Gasteiger partial charge in [0.1, 0.15) is 12.1 Å². The minimum absolute atomic E-state index is 0.00187. The van der Waals surface area contributed by atoms with Crippen LogP contribution in [0.2, 0.25) is 0 Å². The molecule has 0 bridgehead atoms. The molecular formula is C32H58NO9P. The molecule has 43 heavy (non-hydrogen) atoms. The SMILES string of the molecule is CC/C=C\C/C=C\C/C=C\CCCCCCOCC(COP(=O)(O)OCC(N)C(=O)O)OC(=O)CCCCCCCCC. The summed E-state index contributed by atoms with van der Waals surface area (Å²) < 4.78 is 32.9. The van der Waals surface area contributed by atoms with Crippen LogP contribution in [0.1, 0.15) is 117 Å². The average Bonchev–Trinajstić information content (AvgIpc) is 2.97. The first-order valence-electron chi connectivity index (χ1n) is 16.0. The van der Waals surface area contributed by atoms with Gasteiger partial charge in [0.2, 0.25) is 0 Å². The van der Waals surface area contributed by atoms with Crippen LogP contribution in [0.25, 0.3) is 0 Å². The molecule has 4 N–H and O–H groups in total. The number of ether oxygens (including phenoxy) is 2. The Morgan fingerprint density at radius 2 is 1.35 bits per heavy atom. The zero-order valence-electron chi connectivity index (χ0n) is 26.5. The predicted molar refractivity (Wildman–Crippen MR) is 171 cm³/mol. The quantitative estimate of drug-likeness (QED) is 0.0316. The lowest BCUT2D eigenvalue weighted by Crippen LogP contribution is -2.34. The van der Waals surface area contributed by atoms with Crippen LogP contribution in [0.15, 0.2) is 36.5 Å². The number of nitrogens with two attached hydrogens (primary N) is 1. The zero-order chi connectivity index (χ0) is 32.0. The highest BCUT2D eigenvalue weighted by Crippen LogP contribution is 2.43. The molecule has 10 nitrogen and oxygen atoms in total. The third-order valence-corrected chi connectivity index (χ3v) is 7.38. The third kappa shape index (κ3) is 28.7. The lowest BCUT2D eigenvalue weighted by Gasteiger charge is -2.20. The molecule has 0 aliphatic rings. The minimum atomic E-state index is -4.60. The van der Waals surface area contributed by atoms with E-state index < -0.39 is 45.1 Å². The van der Waals surface area contributed by atoms with Crippen molar-refractivity contribution in [2.24, 2.45) is 5.73 Å². The molecule has 0 aliphatic carbocycles. The Balaban J connectivity index is 4.38. The van der Waals surface area contributed by atoms with Crippen molar-refractivity contribution in [2.75, 3.05) is 26.4 Å². The third-order valence-electron chi connectivity index (χ3n) is 6.43. The molecule has 0 radical (unpaired) electrons. The molecule has 0 aromatic rings. The van der Waals surface area contributed by atoms with Crippen LogP contribution in [-0.4, -0.2) is 60.5 Å². The molecule has 0 spiro atoms. The molecule has 0 aromatic heterocycles. The normalized spacial score (nSPS) is 14.9. The maximum Gasteiger partial charge on any atom is 0.472 e. The second-order valence-electron chi connectivity index (χ2n) is 10.6. The van der Waals surface area contributed by atoms with Gasteiger partial charge in [-0.05, 0) is 44.9 Å². The van der Waals surface area contributed by atoms with E-state index in [1.54, 1.807) is 0 Å². The topological polar surface area (TPSA) is 155 Å². The van der Waals surface area contributed by atoms with Gasteiger partial charge in [-0.2, -0.15) is 0 Å². The van der Waals surface area contributed by atoms with Gasteiger partial charge in [-0.15, -0.1) is 0 Å². The molecular weight excluding hydrogens is 573 g/mol. The van der Waals surface area contributed by atoms with Crippen molar-refractivity contribution in [1.29, 1.82) is 0 Å². The van der Waals surface area contributed by atoms with E-state index in [4.69, 9.17) is 24.8 Å². The van der Waals surface area contributed by atoms with Gasteiger partial charge in [-0.25, -0.2) is 4.57 Å². The van der Waals surface area contributed by atoms with Gasteiger partial charge < -0.3 is 25.2 Å². The molecule has 0 saturated carbocycles. The molecule has 0 heterocycles. The summed E-state index contributed by atoms with van der Waals surface area (Å²) in [7, 11) is -4.60. The summed E-state index contributed by atoms with van der Waals surface area (Å²) in [5.74, 6) is -1.80. The number of allylic oxidation sites excluding steroid dienone is 6. The van der Waals surface area contributed by atoms with Crippen LogP contribution < -0.4 is 5.73 Å². The summed E-state index contributed by atoms with van der Waals surface area (Å²) in [5.41, 5.74) is 5.30. The predicted octanol–water partition coefficient (Wildman–Crippen LogP) is 7.41.